The monoisotopic (exact) mass is 388 g/mol. The fourth-order valence-electron chi connectivity index (χ4n) is 2.64. The number of hydrogen-bond donors (Lipinski definition) is 1. The van der Waals surface area contributed by atoms with Crippen molar-refractivity contribution in [1.82, 2.24) is 10.2 Å². The van der Waals surface area contributed by atoms with Gasteiger partial charge in [-0.2, -0.15) is 0 Å². The molecule has 0 saturated carbocycles. The van der Waals surface area contributed by atoms with Crippen LogP contribution in [0.4, 0.5) is 0 Å². The van der Waals surface area contributed by atoms with E-state index in [-0.39, 0.29) is 29.3 Å². The van der Waals surface area contributed by atoms with Gasteiger partial charge in [-0.1, -0.05) is 30.3 Å². The molecule has 0 aliphatic carbocycles. The Morgan fingerprint density at radius 1 is 1.07 bits per heavy atom. The highest BCUT2D eigenvalue weighted by Gasteiger charge is 2.19. The molecule has 0 heterocycles. The number of benzene rings is 2. The van der Waals surface area contributed by atoms with Crippen LogP contribution in [-0.4, -0.2) is 45.0 Å². The first-order valence-corrected chi connectivity index (χ1v) is 10.4. The summed E-state index contributed by atoms with van der Waals surface area (Å²) in [5.74, 6) is -0.531. The number of hydrogen-bond acceptors (Lipinski definition) is 4. The van der Waals surface area contributed by atoms with Crippen molar-refractivity contribution in [3.63, 3.8) is 0 Å². The second-order valence-electron chi connectivity index (χ2n) is 6.52. The van der Waals surface area contributed by atoms with E-state index in [1.165, 1.54) is 17.0 Å². The average Bonchev–Trinajstić information content (AvgIpc) is 2.64. The van der Waals surface area contributed by atoms with Crippen molar-refractivity contribution < 1.29 is 18.0 Å². The molecule has 7 heteroatoms. The molecule has 2 amide bonds. The summed E-state index contributed by atoms with van der Waals surface area (Å²) >= 11 is 0. The molecule has 6 nitrogen and oxygen atoms in total. The molecule has 1 unspecified atom stereocenters. The highest BCUT2D eigenvalue weighted by molar-refractivity contribution is 7.90. The van der Waals surface area contributed by atoms with Gasteiger partial charge in [0.15, 0.2) is 9.84 Å². The molecule has 0 radical (unpaired) electrons. The van der Waals surface area contributed by atoms with Crippen LogP contribution in [-0.2, 0) is 14.6 Å². The normalized spacial score (nSPS) is 12.3. The Morgan fingerprint density at radius 3 is 2.22 bits per heavy atom. The lowest BCUT2D eigenvalue weighted by Gasteiger charge is -2.25. The second kappa shape index (κ2) is 8.35. The minimum Gasteiger partial charge on any atom is -0.343 e. The van der Waals surface area contributed by atoms with Crippen LogP contribution in [0.2, 0.25) is 0 Å². The minimum atomic E-state index is -3.26. The van der Waals surface area contributed by atoms with E-state index in [1.807, 2.05) is 26.0 Å². The Hall–Kier alpha value is -2.67. The van der Waals surface area contributed by atoms with Crippen molar-refractivity contribution in [2.24, 2.45) is 0 Å². The van der Waals surface area contributed by atoms with Crippen molar-refractivity contribution in [3.05, 3.63) is 65.2 Å². The first-order valence-electron chi connectivity index (χ1n) is 8.50. The number of nitrogens with zero attached hydrogens (tertiary/aromatic N) is 1. The number of rotatable bonds is 6. The molecule has 0 fully saturated rings. The highest BCUT2D eigenvalue weighted by Crippen LogP contribution is 2.20. The van der Waals surface area contributed by atoms with Crippen LogP contribution in [0.25, 0.3) is 0 Å². The zero-order valence-corrected chi connectivity index (χ0v) is 16.7. The summed E-state index contributed by atoms with van der Waals surface area (Å²) in [6.45, 7) is 3.57. The van der Waals surface area contributed by atoms with Gasteiger partial charge in [0.1, 0.15) is 0 Å². The molecule has 1 atom stereocenters. The first kappa shape index (κ1) is 20.6. The Kier molecular flexibility index (Phi) is 6.38. The van der Waals surface area contributed by atoms with E-state index in [2.05, 4.69) is 5.32 Å². The Labute approximate surface area is 160 Å². The standard InChI is InChI=1S/C20H24N2O4S/c1-14-7-5-6-8-18(14)20(24)21-13-19(23)22(3)15(2)16-9-11-17(12-10-16)27(4,25)26/h5-12,15H,13H2,1-4H3,(H,21,24). The Morgan fingerprint density at radius 2 is 1.67 bits per heavy atom. The van der Waals surface area contributed by atoms with Gasteiger partial charge in [-0.15, -0.1) is 0 Å². The zero-order valence-electron chi connectivity index (χ0n) is 15.9. The average molecular weight is 388 g/mol. The molecule has 144 valence electrons. The predicted octanol–water partition coefficient (Wildman–Crippen LogP) is 2.35. The largest absolute Gasteiger partial charge is 0.343 e. The van der Waals surface area contributed by atoms with E-state index >= 15 is 0 Å². The smallest absolute Gasteiger partial charge is 0.251 e. The third-order valence-corrected chi connectivity index (χ3v) is 5.68. The molecule has 1 N–H and O–H groups in total. The summed E-state index contributed by atoms with van der Waals surface area (Å²) in [5, 5.41) is 2.65. The summed E-state index contributed by atoms with van der Waals surface area (Å²) in [4.78, 5) is 26.4. The van der Waals surface area contributed by atoms with Gasteiger partial charge in [0.2, 0.25) is 5.91 Å². The van der Waals surface area contributed by atoms with Crippen LogP contribution in [0.3, 0.4) is 0 Å². The Balaban J connectivity index is 2.00. The SMILES string of the molecule is Cc1ccccc1C(=O)NCC(=O)N(C)C(C)c1ccc(S(C)(=O)=O)cc1. The first-order chi connectivity index (χ1) is 12.6. The van der Waals surface area contributed by atoms with E-state index in [0.717, 1.165) is 17.4 Å². The van der Waals surface area contributed by atoms with E-state index in [1.54, 1.807) is 31.3 Å². The van der Waals surface area contributed by atoms with Crippen molar-refractivity contribution in [1.29, 1.82) is 0 Å². The number of sulfone groups is 1. The van der Waals surface area contributed by atoms with E-state index in [0.29, 0.717) is 5.56 Å². The summed E-state index contributed by atoms with van der Waals surface area (Å²) in [6.07, 6.45) is 1.15. The van der Waals surface area contributed by atoms with Crippen LogP contribution >= 0.6 is 0 Å². The van der Waals surface area contributed by atoms with Gasteiger partial charge in [-0.3, -0.25) is 9.59 Å². The number of amides is 2. The third-order valence-electron chi connectivity index (χ3n) is 4.55. The summed E-state index contributed by atoms with van der Waals surface area (Å²) in [7, 11) is -1.61. The highest BCUT2D eigenvalue weighted by atomic mass is 32.2. The lowest BCUT2D eigenvalue weighted by atomic mass is 10.1. The van der Waals surface area contributed by atoms with Gasteiger partial charge in [0, 0.05) is 18.9 Å². The van der Waals surface area contributed by atoms with Crippen molar-refractivity contribution in [2.45, 2.75) is 24.8 Å². The van der Waals surface area contributed by atoms with Gasteiger partial charge >= 0.3 is 0 Å². The zero-order chi connectivity index (χ0) is 20.2. The number of nitrogens with one attached hydrogen (secondary N) is 1. The molecule has 0 bridgehead atoms. The topological polar surface area (TPSA) is 83.6 Å². The molecular weight excluding hydrogens is 364 g/mol. The Bertz CT molecular complexity index is 937. The summed E-state index contributed by atoms with van der Waals surface area (Å²) < 4.78 is 23.1. The molecule has 2 aromatic rings. The maximum Gasteiger partial charge on any atom is 0.251 e. The molecule has 2 rings (SSSR count). The van der Waals surface area contributed by atoms with Crippen LogP contribution < -0.4 is 5.32 Å². The molecular formula is C20H24N2O4S. The van der Waals surface area contributed by atoms with Crippen molar-refractivity contribution in [2.75, 3.05) is 19.8 Å². The number of carbonyl (C=O) groups excluding carboxylic acids is 2. The number of likely N-dealkylation sites (N-methyl/N-ethyl adjacent to an activating group) is 1. The van der Waals surface area contributed by atoms with Gasteiger partial charge in [-0.25, -0.2) is 8.42 Å². The van der Waals surface area contributed by atoms with E-state index < -0.39 is 9.84 Å². The molecule has 0 aromatic heterocycles. The summed E-state index contributed by atoms with van der Waals surface area (Å²) in [6, 6.07) is 13.4. The lowest BCUT2D eigenvalue weighted by Crippen LogP contribution is -2.39. The van der Waals surface area contributed by atoms with Gasteiger partial charge in [-0.05, 0) is 43.2 Å². The quantitative estimate of drug-likeness (QED) is 0.823. The van der Waals surface area contributed by atoms with Gasteiger partial charge < -0.3 is 10.2 Å². The van der Waals surface area contributed by atoms with Crippen LogP contribution in [0.15, 0.2) is 53.4 Å². The minimum absolute atomic E-state index is 0.116. The molecule has 0 spiro atoms. The predicted molar refractivity (Wildman–Crippen MR) is 104 cm³/mol. The fraction of sp³-hybridized carbons (Fsp3) is 0.300. The molecule has 0 aliphatic heterocycles. The van der Waals surface area contributed by atoms with Gasteiger partial charge in [0.05, 0.1) is 17.5 Å². The third kappa shape index (κ3) is 5.17. The molecule has 2 aromatic carbocycles. The van der Waals surface area contributed by atoms with E-state index in [9.17, 15) is 18.0 Å². The molecule has 0 aliphatic rings. The lowest BCUT2D eigenvalue weighted by molar-refractivity contribution is -0.130. The van der Waals surface area contributed by atoms with Crippen LogP contribution in [0.1, 0.15) is 34.5 Å². The maximum atomic E-state index is 12.4. The van der Waals surface area contributed by atoms with Crippen molar-refractivity contribution in [3.8, 4) is 0 Å². The second-order valence-corrected chi connectivity index (χ2v) is 8.54. The maximum absolute atomic E-state index is 12.4. The van der Waals surface area contributed by atoms with Crippen LogP contribution in [0.5, 0.6) is 0 Å². The molecule has 0 saturated heterocycles. The van der Waals surface area contributed by atoms with E-state index in [4.69, 9.17) is 0 Å². The number of aryl methyl sites for hydroxylation is 1. The fourth-order valence-corrected chi connectivity index (χ4v) is 3.27. The molecule has 27 heavy (non-hydrogen) atoms. The van der Waals surface area contributed by atoms with Crippen LogP contribution in [0, 0.1) is 6.92 Å². The summed E-state index contributed by atoms with van der Waals surface area (Å²) in [5.41, 5.74) is 2.19. The number of carbonyl (C=O) groups is 2. The van der Waals surface area contributed by atoms with Gasteiger partial charge in [0.25, 0.3) is 5.91 Å². The van der Waals surface area contributed by atoms with Crippen molar-refractivity contribution >= 4 is 21.7 Å².